The van der Waals surface area contributed by atoms with E-state index in [2.05, 4.69) is 38.8 Å². The molecule has 0 unspecified atom stereocenters. The lowest BCUT2D eigenvalue weighted by Gasteiger charge is -2.37. The number of halogens is 2. The number of hydrogen-bond donors (Lipinski definition) is 0. The molecule has 0 atom stereocenters. The normalized spacial score (nSPS) is 12.9. The third-order valence-corrected chi connectivity index (χ3v) is 9.24. The first kappa shape index (κ1) is 14.0. The number of hydrogen-bond acceptors (Lipinski definition) is 1. The highest BCUT2D eigenvalue weighted by molar-refractivity contribution is 6.79. The molecule has 1 heterocycles. The predicted octanol–water partition coefficient (Wildman–Crippen LogP) is 4.98. The Balaban J connectivity index is 2.96. The zero-order valence-corrected chi connectivity index (χ0v) is 13.1. The molecule has 0 fully saturated rings. The van der Waals surface area contributed by atoms with Gasteiger partial charge in [-0.2, -0.15) is 0 Å². The van der Waals surface area contributed by atoms with Crippen molar-refractivity contribution in [2.75, 3.05) is 0 Å². The molecule has 1 aromatic heterocycles. The van der Waals surface area contributed by atoms with Gasteiger partial charge in [-0.25, -0.2) is 4.98 Å². The molecule has 4 heteroatoms. The summed E-state index contributed by atoms with van der Waals surface area (Å²) in [5.41, 5.74) is 1.21. The maximum absolute atomic E-state index is 5.91. The SMILES string of the molecule is CC(C)(C)[Si](C)(C)Cc1cc(Cl)nc(Cl)c1. The average molecular weight is 276 g/mol. The van der Waals surface area contributed by atoms with Crippen molar-refractivity contribution in [1.82, 2.24) is 4.98 Å². The molecular formula is C12H19Cl2NSi. The van der Waals surface area contributed by atoms with Crippen LogP contribution < -0.4 is 0 Å². The monoisotopic (exact) mass is 275 g/mol. The molecule has 0 spiro atoms. The summed E-state index contributed by atoms with van der Waals surface area (Å²) < 4.78 is 0. The molecule has 0 aromatic carbocycles. The molecule has 1 aromatic rings. The standard InChI is InChI=1S/C12H19Cl2NSi/c1-12(2,3)16(4,5)8-9-6-10(13)15-11(14)7-9/h6-7H,8H2,1-5H3. The van der Waals surface area contributed by atoms with Crippen LogP contribution in [0.1, 0.15) is 26.3 Å². The molecule has 1 nitrogen and oxygen atoms in total. The Bertz CT molecular complexity index is 363. The van der Waals surface area contributed by atoms with Crippen molar-refractivity contribution >= 4 is 31.3 Å². The van der Waals surface area contributed by atoms with Crippen molar-refractivity contribution in [1.29, 1.82) is 0 Å². The van der Waals surface area contributed by atoms with Crippen LogP contribution >= 0.6 is 23.2 Å². The van der Waals surface area contributed by atoms with E-state index in [1.54, 1.807) is 0 Å². The fraction of sp³-hybridized carbons (Fsp3) is 0.583. The Morgan fingerprint density at radius 1 is 1.12 bits per heavy atom. The lowest BCUT2D eigenvalue weighted by Crippen LogP contribution is -2.39. The first-order chi connectivity index (χ1) is 7.12. The summed E-state index contributed by atoms with van der Waals surface area (Å²) in [6.07, 6.45) is 0. The quantitative estimate of drug-likeness (QED) is 0.548. The molecule has 0 aliphatic rings. The lowest BCUT2D eigenvalue weighted by molar-refractivity contribution is 0.713. The topological polar surface area (TPSA) is 12.9 Å². The minimum Gasteiger partial charge on any atom is -0.224 e. The fourth-order valence-electron chi connectivity index (χ4n) is 1.39. The van der Waals surface area contributed by atoms with Crippen LogP contribution in [0.15, 0.2) is 12.1 Å². The summed E-state index contributed by atoms with van der Waals surface area (Å²) in [5, 5.41) is 1.34. The molecule has 0 amide bonds. The van der Waals surface area contributed by atoms with Crippen molar-refractivity contribution < 1.29 is 0 Å². The van der Waals surface area contributed by atoms with Crippen molar-refractivity contribution in [3.63, 3.8) is 0 Å². The molecule has 0 aliphatic heterocycles. The lowest BCUT2D eigenvalue weighted by atomic mass is 10.2. The van der Waals surface area contributed by atoms with E-state index in [-0.39, 0.29) is 0 Å². The molecule has 0 radical (unpaired) electrons. The fourth-order valence-corrected chi connectivity index (χ4v) is 3.65. The van der Waals surface area contributed by atoms with E-state index in [9.17, 15) is 0 Å². The van der Waals surface area contributed by atoms with E-state index < -0.39 is 8.07 Å². The summed E-state index contributed by atoms with van der Waals surface area (Å²) in [6, 6.07) is 4.93. The number of aromatic nitrogens is 1. The Morgan fingerprint density at radius 3 is 1.94 bits per heavy atom. The summed E-state index contributed by atoms with van der Waals surface area (Å²) in [7, 11) is -1.34. The van der Waals surface area contributed by atoms with Crippen LogP contribution in [0.25, 0.3) is 0 Å². The van der Waals surface area contributed by atoms with Gasteiger partial charge in [-0.05, 0) is 28.8 Å². The number of rotatable bonds is 2. The average Bonchev–Trinajstić information content (AvgIpc) is 1.97. The maximum Gasteiger partial charge on any atom is 0.131 e. The number of pyridine rings is 1. The Morgan fingerprint density at radius 2 is 1.56 bits per heavy atom. The van der Waals surface area contributed by atoms with Crippen LogP contribution in [0.2, 0.25) is 28.4 Å². The van der Waals surface area contributed by atoms with Crippen LogP contribution in [-0.2, 0) is 6.04 Å². The molecule has 0 bridgehead atoms. The minimum absolute atomic E-state index is 0.370. The predicted molar refractivity (Wildman–Crippen MR) is 75.2 cm³/mol. The highest BCUT2D eigenvalue weighted by Gasteiger charge is 2.34. The van der Waals surface area contributed by atoms with Gasteiger partial charge in [0.25, 0.3) is 0 Å². The van der Waals surface area contributed by atoms with E-state index in [1.165, 1.54) is 5.56 Å². The van der Waals surface area contributed by atoms with Crippen molar-refractivity contribution in [2.24, 2.45) is 0 Å². The van der Waals surface area contributed by atoms with Crippen LogP contribution in [0.5, 0.6) is 0 Å². The third kappa shape index (κ3) is 3.47. The van der Waals surface area contributed by atoms with E-state index in [4.69, 9.17) is 23.2 Å². The molecule has 1 rings (SSSR count). The second kappa shape index (κ2) is 4.67. The molecule has 0 N–H and O–H groups in total. The van der Waals surface area contributed by atoms with Gasteiger partial charge in [0.05, 0.1) is 8.07 Å². The molecule has 0 aliphatic carbocycles. The van der Waals surface area contributed by atoms with Crippen molar-refractivity contribution in [3.05, 3.63) is 28.0 Å². The van der Waals surface area contributed by atoms with Crippen LogP contribution in [0.4, 0.5) is 0 Å². The Hall–Kier alpha value is -0.0531. The highest BCUT2D eigenvalue weighted by atomic mass is 35.5. The highest BCUT2D eigenvalue weighted by Crippen LogP contribution is 2.38. The summed E-state index contributed by atoms with van der Waals surface area (Å²) in [5.74, 6) is 0. The molecule has 0 saturated carbocycles. The number of nitrogens with zero attached hydrogens (tertiary/aromatic N) is 1. The zero-order valence-electron chi connectivity index (χ0n) is 10.6. The molecule has 0 saturated heterocycles. The van der Waals surface area contributed by atoms with Gasteiger partial charge < -0.3 is 0 Å². The van der Waals surface area contributed by atoms with E-state index in [1.807, 2.05) is 12.1 Å². The first-order valence-electron chi connectivity index (χ1n) is 5.44. The van der Waals surface area contributed by atoms with Gasteiger partial charge in [0.15, 0.2) is 0 Å². The molecule has 16 heavy (non-hydrogen) atoms. The van der Waals surface area contributed by atoms with E-state index in [0.717, 1.165) is 6.04 Å². The van der Waals surface area contributed by atoms with Gasteiger partial charge in [-0.3, -0.25) is 0 Å². The Kier molecular flexibility index (Phi) is 4.09. The van der Waals surface area contributed by atoms with Gasteiger partial charge in [0.1, 0.15) is 10.3 Å². The van der Waals surface area contributed by atoms with Gasteiger partial charge in [0.2, 0.25) is 0 Å². The minimum atomic E-state index is -1.34. The zero-order chi connectivity index (χ0) is 12.6. The summed E-state index contributed by atoms with van der Waals surface area (Å²) in [6.45, 7) is 11.7. The van der Waals surface area contributed by atoms with Gasteiger partial charge in [-0.1, -0.05) is 57.1 Å². The Labute approximate surface area is 109 Å². The van der Waals surface area contributed by atoms with Crippen molar-refractivity contribution in [3.8, 4) is 0 Å². The van der Waals surface area contributed by atoms with Crippen LogP contribution in [0.3, 0.4) is 0 Å². The smallest absolute Gasteiger partial charge is 0.131 e. The summed E-state index contributed by atoms with van der Waals surface area (Å²) >= 11 is 11.8. The van der Waals surface area contributed by atoms with E-state index in [0.29, 0.717) is 15.3 Å². The molecule has 90 valence electrons. The second-order valence-corrected chi connectivity index (χ2v) is 12.3. The van der Waals surface area contributed by atoms with Gasteiger partial charge >= 0.3 is 0 Å². The van der Waals surface area contributed by atoms with Gasteiger partial charge in [0, 0.05) is 0 Å². The van der Waals surface area contributed by atoms with Crippen LogP contribution in [-0.4, -0.2) is 13.1 Å². The first-order valence-corrected chi connectivity index (χ1v) is 9.40. The van der Waals surface area contributed by atoms with Crippen molar-refractivity contribution in [2.45, 2.75) is 44.9 Å². The van der Waals surface area contributed by atoms with Gasteiger partial charge in [-0.15, -0.1) is 0 Å². The third-order valence-electron chi connectivity index (χ3n) is 3.50. The maximum atomic E-state index is 5.91. The van der Waals surface area contributed by atoms with Crippen LogP contribution in [0, 0.1) is 0 Å². The van der Waals surface area contributed by atoms with E-state index >= 15 is 0 Å². The molecular weight excluding hydrogens is 257 g/mol. The largest absolute Gasteiger partial charge is 0.224 e. The summed E-state index contributed by atoms with van der Waals surface area (Å²) in [4.78, 5) is 3.97. The second-order valence-electron chi connectivity index (χ2n) is 5.93.